The second-order valence-electron chi connectivity index (χ2n) is 5.09. The highest BCUT2D eigenvalue weighted by molar-refractivity contribution is 5.93. The van der Waals surface area contributed by atoms with Crippen molar-refractivity contribution in [3.8, 4) is 0 Å². The Hall–Kier alpha value is -2.63. The van der Waals surface area contributed by atoms with E-state index in [1.54, 1.807) is 0 Å². The van der Waals surface area contributed by atoms with Crippen LogP contribution in [-0.4, -0.2) is 35.2 Å². The molecule has 1 atom stereocenters. The SMILES string of the molecule is C=CC(=O)N1CCCC1C(=O)NNC(=O)Cc1ccccc1. The van der Waals surface area contributed by atoms with Gasteiger partial charge in [-0.3, -0.25) is 25.2 Å². The van der Waals surface area contributed by atoms with Gasteiger partial charge in [0.2, 0.25) is 11.8 Å². The molecule has 6 nitrogen and oxygen atoms in total. The van der Waals surface area contributed by atoms with E-state index < -0.39 is 6.04 Å². The third-order valence-corrected chi connectivity index (χ3v) is 3.55. The fourth-order valence-electron chi connectivity index (χ4n) is 2.46. The molecule has 3 amide bonds. The summed E-state index contributed by atoms with van der Waals surface area (Å²) in [7, 11) is 0. The second-order valence-corrected chi connectivity index (χ2v) is 5.09. The molecule has 1 aromatic rings. The molecule has 0 aromatic heterocycles. The van der Waals surface area contributed by atoms with Crippen molar-refractivity contribution in [3.63, 3.8) is 0 Å². The van der Waals surface area contributed by atoms with Crippen LogP contribution in [0.15, 0.2) is 43.0 Å². The minimum Gasteiger partial charge on any atom is -0.327 e. The van der Waals surface area contributed by atoms with E-state index in [0.29, 0.717) is 13.0 Å². The van der Waals surface area contributed by atoms with E-state index in [9.17, 15) is 14.4 Å². The lowest BCUT2D eigenvalue weighted by Gasteiger charge is -2.22. The Balaban J connectivity index is 1.83. The zero-order valence-corrected chi connectivity index (χ0v) is 12.2. The van der Waals surface area contributed by atoms with Gasteiger partial charge >= 0.3 is 0 Å². The topological polar surface area (TPSA) is 78.5 Å². The quantitative estimate of drug-likeness (QED) is 0.630. The van der Waals surface area contributed by atoms with E-state index in [1.165, 1.54) is 11.0 Å². The van der Waals surface area contributed by atoms with Gasteiger partial charge in [0, 0.05) is 6.54 Å². The molecule has 1 aromatic carbocycles. The van der Waals surface area contributed by atoms with Gasteiger partial charge in [-0.1, -0.05) is 36.9 Å². The molecule has 6 heteroatoms. The predicted molar refractivity (Wildman–Crippen MR) is 81.4 cm³/mol. The standard InChI is InChI=1S/C16H19N3O3/c1-2-15(21)19-10-6-9-13(19)16(22)18-17-14(20)11-12-7-4-3-5-8-12/h2-5,7-8,13H,1,6,9-11H2,(H,17,20)(H,18,22). The first-order chi connectivity index (χ1) is 10.6. The van der Waals surface area contributed by atoms with Crippen LogP contribution in [0.5, 0.6) is 0 Å². The molecule has 22 heavy (non-hydrogen) atoms. The van der Waals surface area contributed by atoms with Crippen molar-refractivity contribution in [2.45, 2.75) is 25.3 Å². The molecule has 2 rings (SSSR count). The van der Waals surface area contributed by atoms with E-state index in [0.717, 1.165) is 12.0 Å². The molecule has 1 heterocycles. The molecule has 0 saturated carbocycles. The van der Waals surface area contributed by atoms with Crippen molar-refractivity contribution in [3.05, 3.63) is 48.6 Å². The Morgan fingerprint density at radius 3 is 2.64 bits per heavy atom. The van der Waals surface area contributed by atoms with Gasteiger partial charge in [0.25, 0.3) is 5.91 Å². The van der Waals surface area contributed by atoms with E-state index in [4.69, 9.17) is 0 Å². The third-order valence-electron chi connectivity index (χ3n) is 3.55. The Morgan fingerprint density at radius 1 is 1.23 bits per heavy atom. The van der Waals surface area contributed by atoms with Gasteiger partial charge in [0.15, 0.2) is 0 Å². The molecule has 1 unspecified atom stereocenters. The van der Waals surface area contributed by atoms with Gasteiger partial charge in [-0.25, -0.2) is 0 Å². The molecule has 1 saturated heterocycles. The molecule has 1 aliphatic rings. The Labute approximate surface area is 129 Å². The molecule has 0 aliphatic carbocycles. The molecular formula is C16H19N3O3. The Kier molecular flexibility index (Phi) is 5.30. The van der Waals surface area contributed by atoms with Crippen LogP contribution >= 0.6 is 0 Å². The van der Waals surface area contributed by atoms with Gasteiger partial charge in [0.05, 0.1) is 6.42 Å². The fourth-order valence-corrected chi connectivity index (χ4v) is 2.46. The van der Waals surface area contributed by atoms with Gasteiger partial charge in [-0.2, -0.15) is 0 Å². The van der Waals surface area contributed by atoms with Crippen LogP contribution in [0, 0.1) is 0 Å². The number of carbonyl (C=O) groups is 3. The smallest absolute Gasteiger partial charge is 0.261 e. The summed E-state index contributed by atoms with van der Waals surface area (Å²) in [5.41, 5.74) is 5.63. The first-order valence-electron chi connectivity index (χ1n) is 7.17. The molecule has 1 fully saturated rings. The predicted octanol–water partition coefficient (Wildman–Crippen LogP) is 0.554. The lowest BCUT2D eigenvalue weighted by atomic mass is 10.1. The number of hydrogen-bond donors (Lipinski definition) is 2. The molecule has 116 valence electrons. The highest BCUT2D eigenvalue weighted by atomic mass is 16.2. The molecule has 1 aliphatic heterocycles. The van der Waals surface area contributed by atoms with Gasteiger partial charge in [-0.05, 0) is 24.5 Å². The fraction of sp³-hybridized carbons (Fsp3) is 0.312. The van der Waals surface area contributed by atoms with Crippen molar-refractivity contribution in [2.24, 2.45) is 0 Å². The maximum Gasteiger partial charge on any atom is 0.261 e. The van der Waals surface area contributed by atoms with E-state index in [2.05, 4.69) is 17.4 Å². The number of benzene rings is 1. The number of amides is 3. The average Bonchev–Trinajstić information content (AvgIpc) is 3.02. The van der Waals surface area contributed by atoms with Crippen LogP contribution in [0.25, 0.3) is 0 Å². The summed E-state index contributed by atoms with van der Waals surface area (Å²) < 4.78 is 0. The number of hydrogen-bond acceptors (Lipinski definition) is 3. The number of carbonyl (C=O) groups excluding carboxylic acids is 3. The van der Waals surface area contributed by atoms with Crippen LogP contribution in [0.4, 0.5) is 0 Å². The van der Waals surface area contributed by atoms with Crippen molar-refractivity contribution in [2.75, 3.05) is 6.54 Å². The monoisotopic (exact) mass is 301 g/mol. The van der Waals surface area contributed by atoms with Crippen LogP contribution in [0.2, 0.25) is 0 Å². The lowest BCUT2D eigenvalue weighted by molar-refractivity contribution is -0.136. The second kappa shape index (κ2) is 7.40. The summed E-state index contributed by atoms with van der Waals surface area (Å²) >= 11 is 0. The first-order valence-corrected chi connectivity index (χ1v) is 7.17. The van der Waals surface area contributed by atoms with E-state index >= 15 is 0 Å². The number of nitrogens with zero attached hydrogens (tertiary/aromatic N) is 1. The van der Waals surface area contributed by atoms with Crippen molar-refractivity contribution in [1.29, 1.82) is 0 Å². The summed E-state index contributed by atoms with van der Waals surface area (Å²) in [6, 6.07) is 8.68. The zero-order valence-electron chi connectivity index (χ0n) is 12.2. The number of hydrazine groups is 1. The molecule has 0 radical (unpaired) electrons. The lowest BCUT2D eigenvalue weighted by Crippen LogP contribution is -2.51. The minimum absolute atomic E-state index is 0.182. The van der Waals surface area contributed by atoms with Crippen LogP contribution in [-0.2, 0) is 20.8 Å². The molecular weight excluding hydrogens is 282 g/mol. The molecule has 0 spiro atoms. The number of rotatable bonds is 4. The maximum atomic E-state index is 12.1. The summed E-state index contributed by atoms with van der Waals surface area (Å²) in [5.74, 6) is -0.957. The number of nitrogens with one attached hydrogen (secondary N) is 2. The Bertz CT molecular complexity index is 571. The largest absolute Gasteiger partial charge is 0.327 e. The Morgan fingerprint density at radius 2 is 1.95 bits per heavy atom. The zero-order chi connectivity index (χ0) is 15.9. The van der Waals surface area contributed by atoms with E-state index in [-0.39, 0.29) is 24.1 Å². The highest BCUT2D eigenvalue weighted by Crippen LogP contribution is 2.17. The van der Waals surface area contributed by atoms with Crippen LogP contribution in [0.1, 0.15) is 18.4 Å². The highest BCUT2D eigenvalue weighted by Gasteiger charge is 2.33. The summed E-state index contributed by atoms with van der Waals surface area (Å²) in [4.78, 5) is 37.0. The summed E-state index contributed by atoms with van der Waals surface area (Å²) in [6.07, 6.45) is 2.72. The maximum absolute atomic E-state index is 12.1. The van der Waals surface area contributed by atoms with Gasteiger partial charge in [-0.15, -0.1) is 0 Å². The van der Waals surface area contributed by atoms with Gasteiger partial charge in [0.1, 0.15) is 6.04 Å². The summed E-state index contributed by atoms with van der Waals surface area (Å²) in [6.45, 7) is 3.96. The van der Waals surface area contributed by atoms with Gasteiger partial charge < -0.3 is 4.90 Å². The molecule has 2 N–H and O–H groups in total. The van der Waals surface area contributed by atoms with Crippen molar-refractivity contribution >= 4 is 17.7 Å². The van der Waals surface area contributed by atoms with Crippen LogP contribution in [0.3, 0.4) is 0 Å². The van der Waals surface area contributed by atoms with E-state index in [1.807, 2.05) is 30.3 Å². The van der Waals surface area contributed by atoms with Crippen LogP contribution < -0.4 is 10.9 Å². The van der Waals surface area contributed by atoms with Crippen molar-refractivity contribution < 1.29 is 14.4 Å². The summed E-state index contributed by atoms with van der Waals surface area (Å²) in [5, 5.41) is 0. The number of likely N-dealkylation sites (tertiary alicyclic amines) is 1. The first kappa shape index (κ1) is 15.8. The normalized spacial score (nSPS) is 16.9. The molecule has 0 bridgehead atoms. The minimum atomic E-state index is -0.553. The average molecular weight is 301 g/mol. The van der Waals surface area contributed by atoms with Crippen molar-refractivity contribution in [1.82, 2.24) is 15.8 Å². The third kappa shape index (κ3) is 3.94.